The fourth-order valence-corrected chi connectivity index (χ4v) is 3.63. The van der Waals surface area contributed by atoms with Crippen LogP contribution in [0.4, 0.5) is 0 Å². The lowest BCUT2D eigenvalue weighted by atomic mass is 10.1. The number of rotatable bonds is 4. The van der Waals surface area contributed by atoms with Gasteiger partial charge >= 0.3 is 0 Å². The minimum atomic E-state index is -3.75. The first-order valence-corrected chi connectivity index (χ1v) is 8.15. The maximum atomic E-state index is 12.4. The Hall–Kier alpha value is -1.66. The summed E-state index contributed by atoms with van der Waals surface area (Å²) in [6.45, 7) is 10.3. The van der Waals surface area contributed by atoms with Gasteiger partial charge in [-0.3, -0.25) is 4.79 Å². The average Bonchev–Trinajstić information content (AvgIpc) is 2.58. The molecule has 5 nitrogen and oxygen atoms in total. The molecule has 1 amide bonds. The maximum absolute atomic E-state index is 12.4. The summed E-state index contributed by atoms with van der Waals surface area (Å²) in [6.07, 6.45) is 0. The fourth-order valence-electron chi connectivity index (χ4n) is 2.04. The quantitative estimate of drug-likeness (QED) is 0.861. The second kappa shape index (κ2) is 5.27. The van der Waals surface area contributed by atoms with Crippen LogP contribution in [0.2, 0.25) is 0 Å². The number of nitrogens with one attached hydrogen (secondary N) is 1. The maximum Gasteiger partial charge on any atom is 0.269 e. The number of hydrogen-bond acceptors (Lipinski definition) is 4. The summed E-state index contributed by atoms with van der Waals surface area (Å²) >= 11 is 0. The van der Waals surface area contributed by atoms with Crippen LogP contribution in [-0.4, -0.2) is 37.3 Å². The van der Waals surface area contributed by atoms with E-state index >= 15 is 0 Å². The summed E-state index contributed by atoms with van der Waals surface area (Å²) in [5, 5.41) is 3.23. The zero-order valence-corrected chi connectivity index (χ0v) is 13.3. The van der Waals surface area contributed by atoms with Gasteiger partial charge in [0.1, 0.15) is 4.90 Å². The van der Waals surface area contributed by atoms with Gasteiger partial charge in [0.15, 0.2) is 0 Å². The van der Waals surface area contributed by atoms with Crippen molar-refractivity contribution in [1.82, 2.24) is 9.62 Å². The van der Waals surface area contributed by atoms with E-state index < -0.39 is 15.9 Å². The van der Waals surface area contributed by atoms with Crippen molar-refractivity contribution < 1.29 is 13.2 Å². The van der Waals surface area contributed by atoms with Gasteiger partial charge in [-0.2, -0.15) is 0 Å². The Bertz CT molecular complexity index is 687. The molecule has 0 unspecified atom stereocenters. The van der Waals surface area contributed by atoms with Crippen LogP contribution < -0.4 is 5.32 Å². The molecule has 0 bridgehead atoms. The molecule has 0 saturated carbocycles. The molecule has 0 aliphatic carbocycles. The highest BCUT2D eigenvalue weighted by molar-refractivity contribution is 7.90. The largest absolute Gasteiger partial charge is 0.308 e. The SMILES string of the molecule is C=C(CNC(C)(C)C)CN1C(=O)c2ccccc2S1(=O)=O. The molecule has 1 aromatic rings. The molecule has 0 aromatic heterocycles. The van der Waals surface area contributed by atoms with Gasteiger partial charge in [-0.1, -0.05) is 18.7 Å². The second-order valence-electron chi connectivity index (χ2n) is 6.17. The van der Waals surface area contributed by atoms with Gasteiger partial charge in [0.2, 0.25) is 0 Å². The lowest BCUT2D eigenvalue weighted by Gasteiger charge is -2.23. The van der Waals surface area contributed by atoms with Crippen molar-refractivity contribution in [2.75, 3.05) is 13.1 Å². The minimum absolute atomic E-state index is 0.00106. The highest BCUT2D eigenvalue weighted by Gasteiger charge is 2.40. The van der Waals surface area contributed by atoms with Crippen molar-refractivity contribution >= 4 is 15.9 Å². The van der Waals surface area contributed by atoms with E-state index in [9.17, 15) is 13.2 Å². The molecule has 0 fully saturated rings. The van der Waals surface area contributed by atoms with Crippen molar-refractivity contribution in [3.8, 4) is 0 Å². The third kappa shape index (κ3) is 3.16. The van der Waals surface area contributed by atoms with Crippen molar-refractivity contribution in [2.45, 2.75) is 31.2 Å². The van der Waals surface area contributed by atoms with Gasteiger partial charge in [0.05, 0.1) is 12.1 Å². The summed E-state index contributed by atoms with van der Waals surface area (Å²) in [5.74, 6) is -0.484. The van der Waals surface area contributed by atoms with Crippen LogP contribution >= 0.6 is 0 Å². The molecule has 0 saturated heterocycles. The molecule has 1 aromatic carbocycles. The van der Waals surface area contributed by atoms with Gasteiger partial charge in [0, 0.05) is 12.1 Å². The van der Waals surface area contributed by atoms with Crippen LogP contribution in [0, 0.1) is 0 Å². The molecule has 0 atom stereocenters. The van der Waals surface area contributed by atoms with Crippen LogP contribution in [0.25, 0.3) is 0 Å². The molecule has 114 valence electrons. The van der Waals surface area contributed by atoms with Crippen LogP contribution in [0.5, 0.6) is 0 Å². The zero-order chi connectivity index (χ0) is 15.8. The van der Waals surface area contributed by atoms with E-state index in [4.69, 9.17) is 0 Å². The zero-order valence-electron chi connectivity index (χ0n) is 12.5. The number of nitrogens with zero attached hydrogens (tertiary/aromatic N) is 1. The van der Waals surface area contributed by atoms with E-state index in [2.05, 4.69) is 11.9 Å². The third-order valence-electron chi connectivity index (χ3n) is 3.15. The Labute approximate surface area is 125 Å². The van der Waals surface area contributed by atoms with Crippen LogP contribution in [0.3, 0.4) is 0 Å². The molecule has 1 heterocycles. The Morgan fingerprint density at radius 3 is 2.48 bits per heavy atom. The molecule has 0 radical (unpaired) electrons. The number of carbonyl (C=O) groups excluding carboxylic acids is 1. The molecule has 0 spiro atoms. The minimum Gasteiger partial charge on any atom is -0.308 e. The normalized spacial score (nSPS) is 16.9. The summed E-state index contributed by atoms with van der Waals surface area (Å²) in [5.41, 5.74) is 0.781. The second-order valence-corrected chi connectivity index (χ2v) is 8.00. The lowest BCUT2D eigenvalue weighted by molar-refractivity contribution is 0.0878. The molecule has 1 aliphatic heterocycles. The van der Waals surface area contributed by atoms with Crippen LogP contribution in [-0.2, 0) is 10.0 Å². The van der Waals surface area contributed by atoms with E-state index in [-0.39, 0.29) is 22.5 Å². The molecular weight excluding hydrogens is 288 g/mol. The van der Waals surface area contributed by atoms with Gasteiger partial charge in [-0.15, -0.1) is 0 Å². The summed E-state index contributed by atoms with van der Waals surface area (Å²) in [7, 11) is -3.75. The van der Waals surface area contributed by atoms with Crippen molar-refractivity contribution in [3.05, 3.63) is 42.0 Å². The first-order valence-electron chi connectivity index (χ1n) is 6.71. The molecular formula is C15H20N2O3S. The monoisotopic (exact) mass is 308 g/mol. The number of sulfonamides is 1. The molecule has 6 heteroatoms. The Morgan fingerprint density at radius 1 is 1.29 bits per heavy atom. The molecule has 1 aliphatic rings. The van der Waals surface area contributed by atoms with E-state index in [1.807, 2.05) is 20.8 Å². The van der Waals surface area contributed by atoms with Gasteiger partial charge in [0.25, 0.3) is 15.9 Å². The topological polar surface area (TPSA) is 66.5 Å². The first-order chi connectivity index (χ1) is 9.63. The predicted molar refractivity (Wildman–Crippen MR) is 81.6 cm³/mol. The van der Waals surface area contributed by atoms with Crippen molar-refractivity contribution in [3.63, 3.8) is 0 Å². The van der Waals surface area contributed by atoms with Gasteiger partial charge in [-0.05, 0) is 38.5 Å². The Morgan fingerprint density at radius 2 is 1.90 bits per heavy atom. The number of benzene rings is 1. The summed E-state index contributed by atoms with van der Waals surface area (Å²) in [4.78, 5) is 12.3. The van der Waals surface area contributed by atoms with Crippen LogP contribution in [0.1, 0.15) is 31.1 Å². The molecule has 21 heavy (non-hydrogen) atoms. The van der Waals surface area contributed by atoms with E-state index in [1.54, 1.807) is 12.1 Å². The Balaban J connectivity index is 2.16. The van der Waals surface area contributed by atoms with E-state index in [0.29, 0.717) is 12.1 Å². The lowest BCUT2D eigenvalue weighted by Crippen LogP contribution is -2.39. The van der Waals surface area contributed by atoms with E-state index in [0.717, 1.165) is 4.31 Å². The van der Waals surface area contributed by atoms with Crippen molar-refractivity contribution in [1.29, 1.82) is 0 Å². The van der Waals surface area contributed by atoms with E-state index in [1.165, 1.54) is 12.1 Å². The highest BCUT2D eigenvalue weighted by atomic mass is 32.2. The van der Waals surface area contributed by atoms with Gasteiger partial charge in [-0.25, -0.2) is 12.7 Å². The number of amides is 1. The number of carbonyl (C=O) groups is 1. The first kappa shape index (κ1) is 15.7. The smallest absolute Gasteiger partial charge is 0.269 e. The molecule has 2 rings (SSSR count). The Kier molecular flexibility index (Phi) is 3.95. The fraction of sp³-hybridized carbons (Fsp3) is 0.400. The van der Waals surface area contributed by atoms with Crippen molar-refractivity contribution in [2.24, 2.45) is 0 Å². The standard InChI is InChI=1S/C15H20N2O3S/c1-11(9-16-15(2,3)4)10-17-14(18)12-7-5-6-8-13(12)21(17,19)20/h5-8,16H,1,9-10H2,2-4H3. The summed E-state index contributed by atoms with van der Waals surface area (Å²) in [6, 6.07) is 6.26. The van der Waals surface area contributed by atoms with Gasteiger partial charge < -0.3 is 5.32 Å². The average molecular weight is 308 g/mol. The highest BCUT2D eigenvalue weighted by Crippen LogP contribution is 2.30. The number of fused-ring (bicyclic) bond motifs is 1. The third-order valence-corrected chi connectivity index (χ3v) is 4.93. The number of hydrogen-bond donors (Lipinski definition) is 1. The molecule has 1 N–H and O–H groups in total. The predicted octanol–water partition coefficient (Wildman–Crippen LogP) is 1.78. The summed E-state index contributed by atoms with van der Waals surface area (Å²) < 4.78 is 25.6. The van der Waals surface area contributed by atoms with Crippen LogP contribution in [0.15, 0.2) is 41.3 Å².